The number of nitrogens with one attached hydrogen (secondary N) is 2. The molecule has 0 aliphatic heterocycles. The Morgan fingerprint density at radius 1 is 1.14 bits per heavy atom. The highest BCUT2D eigenvalue weighted by molar-refractivity contribution is 7.90. The van der Waals surface area contributed by atoms with Crippen molar-refractivity contribution < 1.29 is 13.2 Å². The fourth-order valence-corrected chi connectivity index (χ4v) is 2.46. The molecule has 0 unspecified atom stereocenters. The maximum absolute atomic E-state index is 11.7. The fourth-order valence-electron chi connectivity index (χ4n) is 1.83. The van der Waals surface area contributed by atoms with E-state index in [-0.39, 0.29) is 10.9 Å². The highest BCUT2D eigenvalue weighted by Gasteiger charge is 2.07. The average Bonchev–Trinajstić information content (AvgIpc) is 2.43. The first kappa shape index (κ1) is 17.5. The number of rotatable bonds is 7. The zero-order chi connectivity index (χ0) is 15.9. The molecule has 0 aliphatic rings. The minimum Gasteiger partial charge on any atom is -0.337 e. The summed E-state index contributed by atoms with van der Waals surface area (Å²) in [5.41, 5.74) is 0.558. The third kappa shape index (κ3) is 6.14. The summed E-state index contributed by atoms with van der Waals surface area (Å²) in [5, 5.41) is 5.43. The van der Waals surface area contributed by atoms with Gasteiger partial charge in [0.1, 0.15) is 0 Å². The van der Waals surface area contributed by atoms with Crippen molar-refractivity contribution in [3.05, 3.63) is 24.3 Å². The van der Waals surface area contributed by atoms with Crippen molar-refractivity contribution in [2.45, 2.75) is 18.7 Å². The van der Waals surface area contributed by atoms with Crippen LogP contribution in [0.25, 0.3) is 0 Å². The van der Waals surface area contributed by atoms with E-state index in [0.29, 0.717) is 12.2 Å². The Labute approximate surface area is 126 Å². The largest absolute Gasteiger partial charge is 0.337 e. The molecule has 0 aromatic heterocycles. The second kappa shape index (κ2) is 7.99. The summed E-state index contributed by atoms with van der Waals surface area (Å²) >= 11 is 0. The molecule has 0 saturated carbocycles. The molecule has 0 atom stereocenters. The zero-order valence-electron chi connectivity index (χ0n) is 12.7. The van der Waals surface area contributed by atoms with Crippen molar-refractivity contribution in [3.63, 3.8) is 0 Å². The molecule has 0 heterocycles. The lowest BCUT2D eigenvalue weighted by Crippen LogP contribution is -2.36. The van der Waals surface area contributed by atoms with E-state index in [9.17, 15) is 13.2 Å². The number of hydrogen-bond acceptors (Lipinski definition) is 4. The summed E-state index contributed by atoms with van der Waals surface area (Å²) in [7, 11) is -3.21. The van der Waals surface area contributed by atoms with Crippen LogP contribution in [0.15, 0.2) is 29.2 Å². The standard InChI is InChI=1S/C14H23N3O3S/c1-4-17(5-2)11-10-15-14(18)16-12-6-8-13(9-7-12)21(3,19)20/h6-9H,4-5,10-11H2,1-3H3,(H2,15,16,18). The van der Waals surface area contributed by atoms with Crippen molar-refractivity contribution in [1.29, 1.82) is 0 Å². The van der Waals surface area contributed by atoms with Gasteiger partial charge in [0.2, 0.25) is 0 Å². The van der Waals surface area contributed by atoms with Gasteiger partial charge >= 0.3 is 6.03 Å². The number of sulfone groups is 1. The van der Waals surface area contributed by atoms with Crippen LogP contribution in [-0.4, -0.2) is 51.8 Å². The van der Waals surface area contributed by atoms with E-state index in [4.69, 9.17) is 0 Å². The van der Waals surface area contributed by atoms with Crippen LogP contribution < -0.4 is 10.6 Å². The van der Waals surface area contributed by atoms with Crippen LogP contribution in [0.3, 0.4) is 0 Å². The van der Waals surface area contributed by atoms with E-state index >= 15 is 0 Å². The van der Waals surface area contributed by atoms with Gasteiger partial charge in [-0.1, -0.05) is 13.8 Å². The first-order valence-corrected chi connectivity index (χ1v) is 8.83. The zero-order valence-corrected chi connectivity index (χ0v) is 13.5. The molecule has 21 heavy (non-hydrogen) atoms. The van der Waals surface area contributed by atoms with Gasteiger partial charge < -0.3 is 15.5 Å². The Bertz CT molecular complexity index is 551. The third-order valence-corrected chi connectivity index (χ3v) is 4.28. The Hall–Kier alpha value is -1.60. The number of urea groups is 1. The van der Waals surface area contributed by atoms with Crippen LogP contribution in [0.5, 0.6) is 0 Å². The molecular formula is C14H23N3O3S. The maximum atomic E-state index is 11.7. The summed E-state index contributed by atoms with van der Waals surface area (Å²) < 4.78 is 22.6. The summed E-state index contributed by atoms with van der Waals surface area (Å²) in [5.74, 6) is 0. The molecule has 1 aromatic rings. The van der Waals surface area contributed by atoms with Crippen molar-refractivity contribution in [3.8, 4) is 0 Å². The average molecular weight is 313 g/mol. The number of benzene rings is 1. The Balaban J connectivity index is 2.45. The fraction of sp³-hybridized carbons (Fsp3) is 0.500. The van der Waals surface area contributed by atoms with Crippen LogP contribution in [0, 0.1) is 0 Å². The van der Waals surface area contributed by atoms with E-state index in [0.717, 1.165) is 25.9 Å². The first-order valence-electron chi connectivity index (χ1n) is 6.94. The molecule has 0 bridgehead atoms. The maximum Gasteiger partial charge on any atom is 0.319 e. The highest BCUT2D eigenvalue weighted by Crippen LogP contribution is 2.13. The van der Waals surface area contributed by atoms with Crippen LogP contribution >= 0.6 is 0 Å². The normalized spacial score (nSPS) is 11.4. The third-order valence-electron chi connectivity index (χ3n) is 3.15. The first-order chi connectivity index (χ1) is 9.86. The van der Waals surface area contributed by atoms with Gasteiger partial charge in [0.15, 0.2) is 9.84 Å². The van der Waals surface area contributed by atoms with Crippen LogP contribution in [0.1, 0.15) is 13.8 Å². The van der Waals surface area contributed by atoms with E-state index in [1.807, 2.05) is 0 Å². The van der Waals surface area contributed by atoms with E-state index in [1.165, 1.54) is 12.1 Å². The lowest BCUT2D eigenvalue weighted by atomic mass is 10.3. The Morgan fingerprint density at radius 3 is 2.19 bits per heavy atom. The Morgan fingerprint density at radius 2 is 1.71 bits per heavy atom. The lowest BCUT2D eigenvalue weighted by Gasteiger charge is -2.18. The lowest BCUT2D eigenvalue weighted by molar-refractivity contribution is 0.248. The van der Waals surface area contributed by atoms with Crippen LogP contribution in [-0.2, 0) is 9.84 Å². The summed E-state index contributed by atoms with van der Waals surface area (Å²) in [6.45, 7) is 7.42. The molecule has 6 nitrogen and oxygen atoms in total. The SMILES string of the molecule is CCN(CC)CCNC(=O)Nc1ccc(S(C)(=O)=O)cc1. The van der Waals surface area contributed by atoms with Crippen molar-refractivity contribution in [1.82, 2.24) is 10.2 Å². The smallest absolute Gasteiger partial charge is 0.319 e. The molecule has 1 rings (SSSR count). The minimum atomic E-state index is -3.21. The number of likely N-dealkylation sites (N-methyl/N-ethyl adjacent to an activating group) is 1. The molecule has 1 aromatic carbocycles. The van der Waals surface area contributed by atoms with Crippen molar-refractivity contribution in [2.24, 2.45) is 0 Å². The van der Waals surface area contributed by atoms with Crippen molar-refractivity contribution in [2.75, 3.05) is 37.8 Å². The molecule has 0 saturated heterocycles. The monoisotopic (exact) mass is 313 g/mol. The van der Waals surface area contributed by atoms with Crippen molar-refractivity contribution >= 4 is 21.6 Å². The summed E-state index contributed by atoms with van der Waals surface area (Å²) in [4.78, 5) is 14.1. The van der Waals surface area contributed by atoms with Gasteiger partial charge in [-0.2, -0.15) is 0 Å². The number of hydrogen-bond donors (Lipinski definition) is 2. The molecular weight excluding hydrogens is 290 g/mol. The quantitative estimate of drug-likeness (QED) is 0.800. The summed E-state index contributed by atoms with van der Waals surface area (Å²) in [6.07, 6.45) is 1.15. The molecule has 0 fully saturated rings. The van der Waals surface area contributed by atoms with E-state index < -0.39 is 9.84 Å². The molecule has 118 valence electrons. The van der Waals surface area contributed by atoms with Gasteiger partial charge in [-0.15, -0.1) is 0 Å². The number of nitrogens with zero attached hydrogens (tertiary/aromatic N) is 1. The summed E-state index contributed by atoms with van der Waals surface area (Å²) in [6, 6.07) is 5.79. The van der Waals surface area contributed by atoms with Gasteiger partial charge in [-0.25, -0.2) is 13.2 Å². The number of amides is 2. The molecule has 7 heteroatoms. The predicted octanol–water partition coefficient (Wildman–Crippen LogP) is 1.55. The topological polar surface area (TPSA) is 78.5 Å². The minimum absolute atomic E-state index is 0.231. The van der Waals surface area contributed by atoms with Gasteiger partial charge in [0.05, 0.1) is 4.90 Å². The number of carbonyl (C=O) groups is 1. The highest BCUT2D eigenvalue weighted by atomic mass is 32.2. The van der Waals surface area contributed by atoms with Gasteiger partial charge in [-0.05, 0) is 37.4 Å². The molecule has 2 N–H and O–H groups in total. The number of anilines is 1. The van der Waals surface area contributed by atoms with Gasteiger partial charge in [0.25, 0.3) is 0 Å². The second-order valence-corrected chi connectivity index (χ2v) is 6.72. The van der Waals surface area contributed by atoms with E-state index in [2.05, 4.69) is 29.4 Å². The number of carbonyl (C=O) groups excluding carboxylic acids is 1. The second-order valence-electron chi connectivity index (χ2n) is 4.70. The molecule has 0 spiro atoms. The Kier molecular flexibility index (Phi) is 6.64. The molecule has 0 radical (unpaired) electrons. The van der Waals surface area contributed by atoms with Gasteiger partial charge in [0, 0.05) is 25.0 Å². The van der Waals surface area contributed by atoms with E-state index in [1.54, 1.807) is 12.1 Å². The molecule has 2 amide bonds. The van der Waals surface area contributed by atoms with Crippen LogP contribution in [0.4, 0.5) is 10.5 Å². The van der Waals surface area contributed by atoms with Gasteiger partial charge in [-0.3, -0.25) is 0 Å². The van der Waals surface area contributed by atoms with Crippen LogP contribution in [0.2, 0.25) is 0 Å². The molecule has 0 aliphatic carbocycles. The predicted molar refractivity (Wildman–Crippen MR) is 84.4 cm³/mol.